The van der Waals surface area contributed by atoms with Gasteiger partial charge in [-0.3, -0.25) is 4.79 Å². The molecule has 0 saturated heterocycles. The van der Waals surface area contributed by atoms with Gasteiger partial charge < -0.3 is 20.1 Å². The Morgan fingerprint density at radius 1 is 1.53 bits per heavy atom. The topological polar surface area (TPSA) is 74.4 Å². The van der Waals surface area contributed by atoms with Gasteiger partial charge in [0.1, 0.15) is 5.75 Å². The first-order chi connectivity index (χ1) is 9.11. The minimum absolute atomic E-state index is 0.118. The van der Waals surface area contributed by atoms with E-state index < -0.39 is 6.10 Å². The van der Waals surface area contributed by atoms with Gasteiger partial charge >= 0.3 is 0 Å². The molecule has 5 nitrogen and oxygen atoms in total. The number of aromatic amines is 1. The van der Waals surface area contributed by atoms with E-state index in [-0.39, 0.29) is 18.9 Å². The summed E-state index contributed by atoms with van der Waals surface area (Å²) in [4.78, 5) is 14.9. The van der Waals surface area contributed by atoms with E-state index in [1.54, 1.807) is 14.0 Å². The fourth-order valence-corrected chi connectivity index (χ4v) is 2.03. The third-order valence-corrected chi connectivity index (χ3v) is 2.91. The molecule has 0 fully saturated rings. The standard InChI is InChI=1S/C14H18N2O3/c1-9(17)7-16-13(18)6-10-8-15-11-4-3-5-12(19-2)14(10)11/h3-5,8-9,15,17H,6-7H2,1-2H3,(H,16,18). The minimum Gasteiger partial charge on any atom is -0.496 e. The molecule has 102 valence electrons. The van der Waals surface area contributed by atoms with Gasteiger partial charge in [-0.15, -0.1) is 0 Å². The van der Waals surface area contributed by atoms with Crippen molar-refractivity contribution in [2.75, 3.05) is 13.7 Å². The summed E-state index contributed by atoms with van der Waals surface area (Å²) in [5, 5.41) is 12.7. The predicted molar refractivity (Wildman–Crippen MR) is 73.2 cm³/mol. The molecule has 0 radical (unpaired) electrons. The normalized spacial score (nSPS) is 12.4. The molecule has 2 aromatic rings. The van der Waals surface area contributed by atoms with E-state index in [1.165, 1.54) is 0 Å². The lowest BCUT2D eigenvalue weighted by molar-refractivity contribution is -0.120. The maximum Gasteiger partial charge on any atom is 0.224 e. The monoisotopic (exact) mass is 262 g/mol. The summed E-state index contributed by atoms with van der Waals surface area (Å²) in [7, 11) is 1.61. The first kappa shape index (κ1) is 13.4. The lowest BCUT2D eigenvalue weighted by atomic mass is 10.1. The number of carbonyl (C=O) groups is 1. The Balaban J connectivity index is 2.19. The molecule has 1 aromatic heterocycles. The van der Waals surface area contributed by atoms with Crippen LogP contribution >= 0.6 is 0 Å². The van der Waals surface area contributed by atoms with Crippen LogP contribution in [0.15, 0.2) is 24.4 Å². The number of aliphatic hydroxyl groups is 1. The molecule has 1 aromatic carbocycles. The van der Waals surface area contributed by atoms with Crippen LogP contribution in [-0.4, -0.2) is 35.8 Å². The summed E-state index contributed by atoms with van der Waals surface area (Å²) in [6.45, 7) is 1.90. The summed E-state index contributed by atoms with van der Waals surface area (Å²) in [5.74, 6) is 0.629. The second kappa shape index (κ2) is 5.75. The van der Waals surface area contributed by atoms with E-state index in [9.17, 15) is 4.79 Å². The molecule has 1 amide bonds. The molecular formula is C14H18N2O3. The van der Waals surface area contributed by atoms with Crippen LogP contribution in [0, 0.1) is 0 Å². The van der Waals surface area contributed by atoms with Crippen molar-refractivity contribution in [2.45, 2.75) is 19.4 Å². The van der Waals surface area contributed by atoms with Gasteiger partial charge in [0.05, 0.1) is 19.6 Å². The van der Waals surface area contributed by atoms with Crippen LogP contribution in [0.1, 0.15) is 12.5 Å². The lowest BCUT2D eigenvalue weighted by Gasteiger charge is -2.07. The SMILES string of the molecule is COc1cccc2[nH]cc(CC(=O)NCC(C)O)c12. The number of H-pyrrole nitrogens is 1. The molecular weight excluding hydrogens is 244 g/mol. The second-order valence-corrected chi connectivity index (χ2v) is 4.53. The molecule has 5 heteroatoms. The Bertz CT molecular complexity index is 575. The van der Waals surface area contributed by atoms with Gasteiger partial charge in [0.25, 0.3) is 0 Å². The van der Waals surface area contributed by atoms with Crippen LogP contribution in [0.5, 0.6) is 5.75 Å². The molecule has 1 atom stereocenters. The van der Waals surface area contributed by atoms with Crippen molar-refractivity contribution in [1.82, 2.24) is 10.3 Å². The highest BCUT2D eigenvalue weighted by molar-refractivity contribution is 5.93. The van der Waals surface area contributed by atoms with Crippen molar-refractivity contribution in [3.63, 3.8) is 0 Å². The van der Waals surface area contributed by atoms with Crippen molar-refractivity contribution in [1.29, 1.82) is 0 Å². The fourth-order valence-electron chi connectivity index (χ4n) is 2.03. The van der Waals surface area contributed by atoms with Crippen LogP contribution in [0.4, 0.5) is 0 Å². The third kappa shape index (κ3) is 3.06. The summed E-state index contributed by atoms with van der Waals surface area (Å²) in [6.07, 6.45) is 1.53. The molecule has 3 N–H and O–H groups in total. The molecule has 0 aliphatic rings. The number of aliphatic hydroxyl groups excluding tert-OH is 1. The van der Waals surface area contributed by atoms with E-state index >= 15 is 0 Å². The molecule has 0 aliphatic heterocycles. The first-order valence-corrected chi connectivity index (χ1v) is 6.19. The Labute approximate surface area is 111 Å². The van der Waals surface area contributed by atoms with Gasteiger partial charge in [-0.2, -0.15) is 0 Å². The first-order valence-electron chi connectivity index (χ1n) is 6.19. The molecule has 1 heterocycles. The van der Waals surface area contributed by atoms with Crippen molar-refractivity contribution in [3.8, 4) is 5.75 Å². The second-order valence-electron chi connectivity index (χ2n) is 4.53. The van der Waals surface area contributed by atoms with Crippen LogP contribution in [0.2, 0.25) is 0 Å². The van der Waals surface area contributed by atoms with E-state index in [0.29, 0.717) is 0 Å². The highest BCUT2D eigenvalue weighted by Crippen LogP contribution is 2.28. The Morgan fingerprint density at radius 2 is 2.32 bits per heavy atom. The van der Waals surface area contributed by atoms with Crippen LogP contribution in [0.25, 0.3) is 10.9 Å². The largest absolute Gasteiger partial charge is 0.496 e. The number of methoxy groups -OCH3 is 1. The smallest absolute Gasteiger partial charge is 0.224 e. The van der Waals surface area contributed by atoms with Gasteiger partial charge in [-0.1, -0.05) is 6.07 Å². The molecule has 19 heavy (non-hydrogen) atoms. The zero-order valence-corrected chi connectivity index (χ0v) is 11.1. The van der Waals surface area contributed by atoms with E-state index in [1.807, 2.05) is 24.4 Å². The number of hydrogen-bond acceptors (Lipinski definition) is 3. The summed E-state index contributed by atoms with van der Waals surface area (Å²) in [5.41, 5.74) is 1.83. The zero-order chi connectivity index (χ0) is 13.8. The maximum atomic E-state index is 11.8. The Morgan fingerprint density at radius 3 is 3.00 bits per heavy atom. The number of ether oxygens (including phenoxy) is 1. The highest BCUT2D eigenvalue weighted by atomic mass is 16.5. The number of benzene rings is 1. The van der Waals surface area contributed by atoms with Gasteiger partial charge in [-0.25, -0.2) is 0 Å². The Hall–Kier alpha value is -2.01. The molecule has 0 aliphatic carbocycles. The highest BCUT2D eigenvalue weighted by Gasteiger charge is 2.12. The fraction of sp³-hybridized carbons (Fsp3) is 0.357. The average Bonchev–Trinajstić information content (AvgIpc) is 2.79. The quantitative estimate of drug-likeness (QED) is 0.758. The van der Waals surface area contributed by atoms with E-state index in [2.05, 4.69) is 10.3 Å². The molecule has 0 bridgehead atoms. The van der Waals surface area contributed by atoms with Gasteiger partial charge in [0.15, 0.2) is 0 Å². The van der Waals surface area contributed by atoms with Crippen molar-refractivity contribution in [2.24, 2.45) is 0 Å². The lowest BCUT2D eigenvalue weighted by Crippen LogP contribution is -2.31. The molecule has 1 unspecified atom stereocenters. The number of hydrogen-bond donors (Lipinski definition) is 3. The van der Waals surface area contributed by atoms with Crippen LogP contribution < -0.4 is 10.1 Å². The van der Waals surface area contributed by atoms with Gasteiger partial charge in [0.2, 0.25) is 5.91 Å². The van der Waals surface area contributed by atoms with Crippen molar-refractivity contribution < 1.29 is 14.6 Å². The third-order valence-electron chi connectivity index (χ3n) is 2.91. The van der Waals surface area contributed by atoms with Crippen molar-refractivity contribution in [3.05, 3.63) is 30.0 Å². The van der Waals surface area contributed by atoms with Gasteiger partial charge in [0, 0.05) is 23.6 Å². The zero-order valence-electron chi connectivity index (χ0n) is 11.1. The van der Waals surface area contributed by atoms with Crippen molar-refractivity contribution >= 4 is 16.8 Å². The van der Waals surface area contributed by atoms with E-state index in [0.717, 1.165) is 22.2 Å². The Kier molecular flexibility index (Phi) is 4.06. The number of aromatic nitrogens is 1. The summed E-state index contributed by atoms with van der Waals surface area (Å²) < 4.78 is 5.31. The van der Waals surface area contributed by atoms with Gasteiger partial charge in [-0.05, 0) is 24.6 Å². The number of amides is 1. The minimum atomic E-state index is -0.540. The summed E-state index contributed by atoms with van der Waals surface area (Å²) in [6, 6.07) is 5.71. The number of carbonyl (C=O) groups excluding carboxylic acids is 1. The maximum absolute atomic E-state index is 11.8. The molecule has 0 spiro atoms. The van der Waals surface area contributed by atoms with E-state index in [4.69, 9.17) is 9.84 Å². The average molecular weight is 262 g/mol. The van der Waals surface area contributed by atoms with Crippen LogP contribution in [0.3, 0.4) is 0 Å². The number of rotatable bonds is 5. The molecule has 0 saturated carbocycles. The predicted octanol–water partition coefficient (Wildman–Crippen LogP) is 1.22. The van der Waals surface area contributed by atoms with Crippen LogP contribution in [-0.2, 0) is 11.2 Å². The molecule has 2 rings (SSSR count). The summed E-state index contributed by atoms with van der Waals surface area (Å²) >= 11 is 0. The number of nitrogens with one attached hydrogen (secondary N) is 2. The number of fused-ring (bicyclic) bond motifs is 1.